The third-order valence-electron chi connectivity index (χ3n) is 4.81. The van der Waals surface area contributed by atoms with Gasteiger partial charge in [-0.1, -0.05) is 18.2 Å². The number of fused-ring (bicyclic) bond motifs is 1. The van der Waals surface area contributed by atoms with E-state index in [1.807, 2.05) is 18.2 Å². The Labute approximate surface area is 136 Å². The predicted octanol–water partition coefficient (Wildman–Crippen LogP) is 4.41. The summed E-state index contributed by atoms with van der Waals surface area (Å²) >= 11 is 0. The van der Waals surface area contributed by atoms with Gasteiger partial charge in [0.25, 0.3) is 0 Å². The van der Waals surface area contributed by atoms with E-state index in [2.05, 4.69) is 13.5 Å². The average Bonchev–Trinajstić information content (AvgIpc) is 2.91. The molecule has 2 aromatic rings. The van der Waals surface area contributed by atoms with Gasteiger partial charge in [0.1, 0.15) is 5.75 Å². The van der Waals surface area contributed by atoms with Crippen molar-refractivity contribution in [3.8, 4) is 17.2 Å². The van der Waals surface area contributed by atoms with Gasteiger partial charge in [-0.3, -0.25) is 0 Å². The van der Waals surface area contributed by atoms with Crippen molar-refractivity contribution in [3.05, 3.63) is 65.2 Å². The predicted molar refractivity (Wildman–Crippen MR) is 91.5 cm³/mol. The highest BCUT2D eigenvalue weighted by molar-refractivity contribution is 5.53. The summed E-state index contributed by atoms with van der Waals surface area (Å²) < 4.78 is 5.09. The number of ether oxygens (including phenoxy) is 1. The molecule has 2 N–H and O–H groups in total. The minimum absolute atomic E-state index is 0.150. The summed E-state index contributed by atoms with van der Waals surface area (Å²) in [6.45, 7) is 6.03. The lowest BCUT2D eigenvalue weighted by Crippen LogP contribution is -2.00. The average molecular weight is 310 g/mol. The highest BCUT2D eigenvalue weighted by Crippen LogP contribution is 2.49. The smallest absolute Gasteiger partial charge is 0.160 e. The van der Waals surface area contributed by atoms with Gasteiger partial charge in [0, 0.05) is 11.5 Å². The van der Waals surface area contributed by atoms with Crippen molar-refractivity contribution in [2.75, 3.05) is 7.11 Å². The van der Waals surface area contributed by atoms with E-state index in [0.717, 1.165) is 24.0 Å². The second-order valence-corrected chi connectivity index (χ2v) is 6.21. The van der Waals surface area contributed by atoms with Crippen LogP contribution in [0.3, 0.4) is 0 Å². The fourth-order valence-electron chi connectivity index (χ4n) is 3.74. The van der Waals surface area contributed by atoms with Crippen LogP contribution in [0.15, 0.2) is 43.0 Å². The van der Waals surface area contributed by atoms with Gasteiger partial charge in [-0.15, -0.1) is 6.58 Å². The van der Waals surface area contributed by atoms with Gasteiger partial charge >= 0.3 is 0 Å². The van der Waals surface area contributed by atoms with Gasteiger partial charge in [0.15, 0.2) is 11.5 Å². The van der Waals surface area contributed by atoms with Crippen LogP contribution in [-0.2, 0) is 6.42 Å². The fraction of sp³-hybridized carbons (Fsp3) is 0.300. The zero-order chi connectivity index (χ0) is 16.6. The van der Waals surface area contributed by atoms with Crippen LogP contribution in [0.1, 0.15) is 40.5 Å². The first-order valence-corrected chi connectivity index (χ1v) is 7.86. The van der Waals surface area contributed by atoms with Crippen molar-refractivity contribution in [1.82, 2.24) is 0 Å². The molecule has 1 aliphatic carbocycles. The third kappa shape index (κ3) is 2.67. The molecule has 0 aromatic heterocycles. The van der Waals surface area contributed by atoms with Crippen LogP contribution in [-0.4, -0.2) is 17.3 Å². The molecule has 120 valence electrons. The first-order valence-electron chi connectivity index (χ1n) is 7.86. The van der Waals surface area contributed by atoms with Crippen LogP contribution in [0.25, 0.3) is 0 Å². The summed E-state index contributed by atoms with van der Waals surface area (Å²) in [5.41, 5.74) is 4.47. The van der Waals surface area contributed by atoms with Crippen LogP contribution in [0.5, 0.6) is 17.2 Å². The van der Waals surface area contributed by atoms with E-state index in [9.17, 15) is 10.2 Å². The second-order valence-electron chi connectivity index (χ2n) is 6.21. The van der Waals surface area contributed by atoms with Gasteiger partial charge in [-0.25, -0.2) is 0 Å². The molecule has 2 aromatic carbocycles. The molecule has 0 amide bonds. The lowest BCUT2D eigenvalue weighted by atomic mass is 9.92. The molecule has 2 atom stereocenters. The summed E-state index contributed by atoms with van der Waals surface area (Å²) in [7, 11) is 1.54. The molecule has 0 fully saturated rings. The third-order valence-corrected chi connectivity index (χ3v) is 4.81. The van der Waals surface area contributed by atoms with Crippen LogP contribution in [0.4, 0.5) is 0 Å². The number of aryl methyl sites for hydroxylation is 1. The number of allylic oxidation sites excluding steroid dienone is 1. The Morgan fingerprint density at radius 1 is 1.17 bits per heavy atom. The summed E-state index contributed by atoms with van der Waals surface area (Å²) in [4.78, 5) is 0. The Hall–Kier alpha value is -2.42. The Balaban J connectivity index is 1.96. The standard InChI is InChI=1S/C20H22O3/c1-4-14-11-15(20-16(21)7-5-12(2)19(14)20)9-13-6-8-18(23-3)17(22)10-13/h4-8,10,14-15,21-22H,1,9,11H2,2-3H3. The molecule has 0 heterocycles. The highest BCUT2D eigenvalue weighted by atomic mass is 16.5. The Morgan fingerprint density at radius 2 is 1.96 bits per heavy atom. The van der Waals surface area contributed by atoms with E-state index in [0.29, 0.717) is 11.5 Å². The van der Waals surface area contributed by atoms with Gasteiger partial charge < -0.3 is 14.9 Å². The van der Waals surface area contributed by atoms with Crippen LogP contribution in [0, 0.1) is 6.92 Å². The lowest BCUT2D eigenvalue weighted by Gasteiger charge is -2.15. The second kappa shape index (κ2) is 5.99. The topological polar surface area (TPSA) is 49.7 Å². The van der Waals surface area contributed by atoms with Gasteiger partial charge in [-0.05, 0) is 60.6 Å². The fourth-order valence-corrected chi connectivity index (χ4v) is 3.74. The van der Waals surface area contributed by atoms with Crippen LogP contribution >= 0.6 is 0 Å². The molecule has 3 rings (SSSR count). The molecule has 0 saturated carbocycles. The lowest BCUT2D eigenvalue weighted by molar-refractivity contribution is 0.373. The minimum atomic E-state index is 0.150. The van der Waals surface area contributed by atoms with E-state index in [1.54, 1.807) is 18.2 Å². The Bertz CT molecular complexity index is 749. The molecule has 2 unspecified atom stereocenters. The normalized spacial score (nSPS) is 19.4. The number of rotatable bonds is 4. The van der Waals surface area contributed by atoms with E-state index in [1.165, 1.54) is 18.2 Å². The molecule has 23 heavy (non-hydrogen) atoms. The first-order chi connectivity index (χ1) is 11.0. The number of benzene rings is 2. The Morgan fingerprint density at radius 3 is 2.61 bits per heavy atom. The number of hydrogen-bond acceptors (Lipinski definition) is 3. The summed E-state index contributed by atoms with van der Waals surface area (Å²) in [6.07, 6.45) is 3.67. The maximum absolute atomic E-state index is 10.4. The maximum Gasteiger partial charge on any atom is 0.160 e. The number of phenolic OH excluding ortho intramolecular Hbond substituents is 2. The summed E-state index contributed by atoms with van der Waals surface area (Å²) in [6, 6.07) is 9.23. The van der Waals surface area contributed by atoms with E-state index in [4.69, 9.17) is 4.74 Å². The molecule has 0 aliphatic heterocycles. The number of methoxy groups -OCH3 is 1. The van der Waals surface area contributed by atoms with Crippen molar-refractivity contribution in [1.29, 1.82) is 0 Å². The maximum atomic E-state index is 10.4. The molecule has 3 heteroatoms. The van der Waals surface area contributed by atoms with Crippen molar-refractivity contribution >= 4 is 0 Å². The SMILES string of the molecule is C=CC1CC(Cc2ccc(OC)c(O)c2)c2c(O)ccc(C)c21. The van der Waals surface area contributed by atoms with Crippen molar-refractivity contribution in [3.63, 3.8) is 0 Å². The van der Waals surface area contributed by atoms with Gasteiger partial charge in [0.2, 0.25) is 0 Å². The molecular weight excluding hydrogens is 288 g/mol. The van der Waals surface area contributed by atoms with Crippen molar-refractivity contribution < 1.29 is 14.9 Å². The molecule has 3 nitrogen and oxygen atoms in total. The largest absolute Gasteiger partial charge is 0.508 e. The summed E-state index contributed by atoms with van der Waals surface area (Å²) in [5, 5.41) is 20.3. The Kier molecular flexibility index (Phi) is 4.03. The van der Waals surface area contributed by atoms with E-state index in [-0.39, 0.29) is 17.6 Å². The highest BCUT2D eigenvalue weighted by Gasteiger charge is 2.33. The zero-order valence-electron chi connectivity index (χ0n) is 13.5. The molecule has 0 bridgehead atoms. The monoisotopic (exact) mass is 310 g/mol. The quantitative estimate of drug-likeness (QED) is 0.822. The van der Waals surface area contributed by atoms with E-state index < -0.39 is 0 Å². The molecule has 0 saturated heterocycles. The number of hydrogen-bond donors (Lipinski definition) is 2. The van der Waals surface area contributed by atoms with Crippen LogP contribution in [0.2, 0.25) is 0 Å². The van der Waals surface area contributed by atoms with Gasteiger partial charge in [-0.2, -0.15) is 0 Å². The first kappa shape index (κ1) is 15.5. The van der Waals surface area contributed by atoms with E-state index >= 15 is 0 Å². The number of phenols is 2. The minimum Gasteiger partial charge on any atom is -0.508 e. The molecule has 1 aliphatic rings. The molecule has 0 radical (unpaired) electrons. The summed E-state index contributed by atoms with van der Waals surface area (Å²) in [5.74, 6) is 1.48. The molecule has 0 spiro atoms. The van der Waals surface area contributed by atoms with Gasteiger partial charge in [0.05, 0.1) is 7.11 Å². The van der Waals surface area contributed by atoms with Crippen LogP contribution < -0.4 is 4.74 Å². The van der Waals surface area contributed by atoms with Crippen molar-refractivity contribution in [2.24, 2.45) is 0 Å². The zero-order valence-corrected chi connectivity index (χ0v) is 13.5. The van der Waals surface area contributed by atoms with Crippen molar-refractivity contribution in [2.45, 2.75) is 31.6 Å². The molecular formula is C20H22O3. The number of aromatic hydroxyl groups is 2.